The van der Waals surface area contributed by atoms with Gasteiger partial charge in [0, 0.05) is 19.5 Å². The van der Waals surface area contributed by atoms with E-state index in [4.69, 9.17) is 4.74 Å². The molecule has 0 aromatic heterocycles. The number of esters is 1. The van der Waals surface area contributed by atoms with Crippen molar-refractivity contribution in [1.29, 1.82) is 0 Å². The Morgan fingerprint density at radius 1 is 0.909 bits per heavy atom. The van der Waals surface area contributed by atoms with E-state index in [0.717, 1.165) is 26.1 Å². The number of ether oxygens (including phenoxy) is 1. The predicted molar refractivity (Wildman–Crippen MR) is 88.2 cm³/mol. The maximum absolute atomic E-state index is 11.3. The molecule has 0 spiro atoms. The minimum Gasteiger partial charge on any atom is -0.469 e. The molecule has 0 aliphatic rings. The summed E-state index contributed by atoms with van der Waals surface area (Å²) in [5, 5.41) is 0. The Kier molecular flexibility index (Phi) is 6.65. The Hall–Kier alpha value is -2.13. The van der Waals surface area contributed by atoms with E-state index in [1.54, 1.807) is 0 Å². The van der Waals surface area contributed by atoms with Gasteiger partial charge in [0.25, 0.3) is 0 Å². The van der Waals surface area contributed by atoms with E-state index in [-0.39, 0.29) is 5.97 Å². The van der Waals surface area contributed by atoms with Crippen LogP contribution in [0.3, 0.4) is 0 Å². The molecule has 0 bridgehead atoms. The minimum absolute atomic E-state index is 0.139. The third-order valence-electron chi connectivity index (χ3n) is 3.58. The molecule has 0 atom stereocenters. The number of benzene rings is 2. The molecule has 0 radical (unpaired) electrons. The SMILES string of the molecule is COC(=O)CCCN(Cc1ccccc1)Cc1ccccc1. The molecule has 0 aliphatic carbocycles. The fourth-order valence-corrected chi connectivity index (χ4v) is 2.45. The van der Waals surface area contributed by atoms with Gasteiger partial charge in [0.1, 0.15) is 0 Å². The molecule has 0 fully saturated rings. The Labute approximate surface area is 132 Å². The first-order valence-corrected chi connectivity index (χ1v) is 7.65. The normalized spacial score (nSPS) is 10.6. The lowest BCUT2D eigenvalue weighted by molar-refractivity contribution is -0.140. The van der Waals surface area contributed by atoms with Crippen molar-refractivity contribution in [3.05, 3.63) is 71.8 Å². The highest BCUT2D eigenvalue weighted by molar-refractivity contribution is 5.69. The fraction of sp³-hybridized carbons (Fsp3) is 0.316. The molecule has 22 heavy (non-hydrogen) atoms. The van der Waals surface area contributed by atoms with Crippen molar-refractivity contribution in [1.82, 2.24) is 4.90 Å². The van der Waals surface area contributed by atoms with E-state index in [0.29, 0.717) is 6.42 Å². The molecule has 3 nitrogen and oxygen atoms in total. The zero-order valence-corrected chi connectivity index (χ0v) is 13.1. The molecule has 2 rings (SSSR count). The number of methoxy groups -OCH3 is 1. The number of hydrogen-bond donors (Lipinski definition) is 0. The Morgan fingerprint density at radius 2 is 1.41 bits per heavy atom. The average Bonchev–Trinajstić information content (AvgIpc) is 2.56. The van der Waals surface area contributed by atoms with Crippen LogP contribution in [0.15, 0.2) is 60.7 Å². The average molecular weight is 297 g/mol. The number of nitrogens with zero attached hydrogens (tertiary/aromatic N) is 1. The molecule has 0 saturated carbocycles. The van der Waals surface area contributed by atoms with E-state index in [2.05, 4.69) is 53.4 Å². The highest BCUT2D eigenvalue weighted by Crippen LogP contribution is 2.11. The fourth-order valence-electron chi connectivity index (χ4n) is 2.45. The van der Waals surface area contributed by atoms with Gasteiger partial charge in [-0.25, -0.2) is 0 Å². The van der Waals surface area contributed by atoms with Gasteiger partial charge in [-0.15, -0.1) is 0 Å². The summed E-state index contributed by atoms with van der Waals surface area (Å²) in [6, 6.07) is 20.8. The second-order valence-electron chi connectivity index (χ2n) is 5.36. The zero-order chi connectivity index (χ0) is 15.6. The Morgan fingerprint density at radius 3 is 1.86 bits per heavy atom. The third kappa shape index (κ3) is 5.70. The van der Waals surface area contributed by atoms with Gasteiger partial charge in [-0.3, -0.25) is 9.69 Å². The topological polar surface area (TPSA) is 29.5 Å². The lowest BCUT2D eigenvalue weighted by atomic mass is 10.1. The summed E-state index contributed by atoms with van der Waals surface area (Å²) in [5.41, 5.74) is 2.58. The summed E-state index contributed by atoms with van der Waals surface area (Å²) in [6.45, 7) is 2.65. The van der Waals surface area contributed by atoms with Gasteiger partial charge >= 0.3 is 5.97 Å². The molecule has 0 heterocycles. The number of rotatable bonds is 8. The molecular weight excluding hydrogens is 274 g/mol. The Balaban J connectivity index is 1.95. The lowest BCUT2D eigenvalue weighted by Gasteiger charge is -2.22. The standard InChI is InChI=1S/C19H23NO2/c1-22-19(21)13-8-14-20(15-17-9-4-2-5-10-17)16-18-11-6-3-7-12-18/h2-7,9-12H,8,13-16H2,1H3. The van der Waals surface area contributed by atoms with Crippen LogP contribution in [-0.4, -0.2) is 24.5 Å². The van der Waals surface area contributed by atoms with Gasteiger partial charge in [-0.2, -0.15) is 0 Å². The summed E-state index contributed by atoms with van der Waals surface area (Å²) < 4.78 is 4.71. The summed E-state index contributed by atoms with van der Waals surface area (Å²) in [7, 11) is 1.44. The van der Waals surface area contributed by atoms with E-state index in [1.165, 1.54) is 18.2 Å². The first kappa shape index (κ1) is 16.2. The van der Waals surface area contributed by atoms with Crippen LogP contribution >= 0.6 is 0 Å². The molecule has 3 heteroatoms. The van der Waals surface area contributed by atoms with Crippen LogP contribution in [-0.2, 0) is 22.6 Å². The second kappa shape index (κ2) is 9.00. The van der Waals surface area contributed by atoms with Crippen LogP contribution in [0.1, 0.15) is 24.0 Å². The molecule has 0 amide bonds. The van der Waals surface area contributed by atoms with Crippen LogP contribution in [0, 0.1) is 0 Å². The minimum atomic E-state index is -0.139. The number of carbonyl (C=O) groups is 1. The maximum Gasteiger partial charge on any atom is 0.305 e. The molecule has 0 aliphatic heterocycles. The molecule has 2 aromatic carbocycles. The van der Waals surface area contributed by atoms with Crippen molar-refractivity contribution >= 4 is 5.97 Å². The van der Waals surface area contributed by atoms with Crippen molar-refractivity contribution in [3.8, 4) is 0 Å². The largest absolute Gasteiger partial charge is 0.469 e. The molecular formula is C19H23NO2. The van der Waals surface area contributed by atoms with Crippen LogP contribution in [0.4, 0.5) is 0 Å². The summed E-state index contributed by atoms with van der Waals surface area (Å²) in [5.74, 6) is -0.139. The van der Waals surface area contributed by atoms with Gasteiger partial charge in [-0.1, -0.05) is 60.7 Å². The van der Waals surface area contributed by atoms with Crippen molar-refractivity contribution in [2.24, 2.45) is 0 Å². The van der Waals surface area contributed by atoms with Crippen molar-refractivity contribution in [2.45, 2.75) is 25.9 Å². The molecule has 0 saturated heterocycles. The van der Waals surface area contributed by atoms with E-state index in [9.17, 15) is 4.79 Å². The quantitative estimate of drug-likeness (QED) is 0.697. The van der Waals surface area contributed by atoms with Gasteiger partial charge in [0.2, 0.25) is 0 Å². The maximum atomic E-state index is 11.3. The first-order valence-electron chi connectivity index (χ1n) is 7.65. The van der Waals surface area contributed by atoms with E-state index < -0.39 is 0 Å². The van der Waals surface area contributed by atoms with Crippen LogP contribution in [0.5, 0.6) is 0 Å². The van der Waals surface area contributed by atoms with Crippen LogP contribution in [0.25, 0.3) is 0 Å². The van der Waals surface area contributed by atoms with Gasteiger partial charge in [0.15, 0.2) is 0 Å². The highest BCUT2D eigenvalue weighted by Gasteiger charge is 2.08. The van der Waals surface area contributed by atoms with Gasteiger partial charge in [0.05, 0.1) is 7.11 Å². The third-order valence-corrected chi connectivity index (χ3v) is 3.58. The smallest absolute Gasteiger partial charge is 0.305 e. The molecule has 2 aromatic rings. The van der Waals surface area contributed by atoms with Crippen LogP contribution < -0.4 is 0 Å². The molecule has 116 valence electrons. The van der Waals surface area contributed by atoms with Gasteiger partial charge in [-0.05, 0) is 24.1 Å². The predicted octanol–water partition coefficient (Wildman–Crippen LogP) is 3.64. The monoisotopic (exact) mass is 297 g/mol. The van der Waals surface area contributed by atoms with Crippen molar-refractivity contribution in [2.75, 3.05) is 13.7 Å². The van der Waals surface area contributed by atoms with E-state index >= 15 is 0 Å². The van der Waals surface area contributed by atoms with E-state index in [1.807, 2.05) is 12.1 Å². The summed E-state index contributed by atoms with van der Waals surface area (Å²) >= 11 is 0. The first-order chi connectivity index (χ1) is 10.8. The Bertz CT molecular complexity index is 513. The zero-order valence-electron chi connectivity index (χ0n) is 13.1. The van der Waals surface area contributed by atoms with Crippen molar-refractivity contribution < 1.29 is 9.53 Å². The second-order valence-corrected chi connectivity index (χ2v) is 5.36. The highest BCUT2D eigenvalue weighted by atomic mass is 16.5. The molecule has 0 unspecified atom stereocenters. The van der Waals surface area contributed by atoms with Crippen LogP contribution in [0.2, 0.25) is 0 Å². The lowest BCUT2D eigenvalue weighted by Crippen LogP contribution is -2.24. The summed E-state index contributed by atoms with van der Waals surface area (Å²) in [6.07, 6.45) is 1.28. The number of carbonyl (C=O) groups excluding carboxylic acids is 1. The summed E-state index contributed by atoms with van der Waals surface area (Å²) in [4.78, 5) is 13.6. The van der Waals surface area contributed by atoms with Gasteiger partial charge < -0.3 is 4.74 Å². The number of hydrogen-bond acceptors (Lipinski definition) is 3. The van der Waals surface area contributed by atoms with Crippen molar-refractivity contribution in [3.63, 3.8) is 0 Å². The molecule has 0 N–H and O–H groups in total.